The van der Waals surface area contributed by atoms with Crippen molar-refractivity contribution in [1.29, 1.82) is 0 Å². The van der Waals surface area contributed by atoms with Gasteiger partial charge >= 0.3 is 6.03 Å². The SMILES string of the molecule is COc1ccc(N2CCN(C(=O)Nc3cccc4cccnc34)CC2)cc1Cl. The lowest BCUT2D eigenvalue weighted by Gasteiger charge is -2.36. The molecule has 2 aromatic carbocycles. The Labute approximate surface area is 168 Å². The van der Waals surface area contributed by atoms with Crippen molar-refractivity contribution in [3.8, 4) is 5.75 Å². The highest BCUT2D eigenvalue weighted by Gasteiger charge is 2.22. The number of nitrogens with one attached hydrogen (secondary N) is 1. The van der Waals surface area contributed by atoms with Crippen LogP contribution in [0.25, 0.3) is 10.9 Å². The maximum absolute atomic E-state index is 12.7. The Balaban J connectivity index is 1.41. The fraction of sp³-hybridized carbons (Fsp3) is 0.238. The first-order valence-electron chi connectivity index (χ1n) is 9.14. The molecule has 0 atom stereocenters. The molecule has 0 saturated carbocycles. The number of carbonyl (C=O) groups is 1. The Morgan fingerprint density at radius 3 is 2.64 bits per heavy atom. The maximum Gasteiger partial charge on any atom is 0.322 e. The second-order valence-electron chi connectivity index (χ2n) is 6.60. The Morgan fingerprint density at radius 2 is 1.89 bits per heavy atom. The van der Waals surface area contributed by atoms with Gasteiger partial charge in [-0.1, -0.05) is 29.8 Å². The third-order valence-corrected chi connectivity index (χ3v) is 5.24. The van der Waals surface area contributed by atoms with Gasteiger partial charge in [-0.25, -0.2) is 4.79 Å². The van der Waals surface area contributed by atoms with Gasteiger partial charge in [0.1, 0.15) is 5.75 Å². The highest BCUT2D eigenvalue weighted by Crippen LogP contribution is 2.29. The third-order valence-electron chi connectivity index (χ3n) is 4.94. The summed E-state index contributed by atoms with van der Waals surface area (Å²) in [5.74, 6) is 0.659. The molecule has 3 aromatic rings. The van der Waals surface area contributed by atoms with E-state index in [9.17, 15) is 4.79 Å². The van der Waals surface area contributed by atoms with Crippen LogP contribution in [0.15, 0.2) is 54.7 Å². The van der Waals surface area contributed by atoms with Crippen LogP contribution >= 0.6 is 11.6 Å². The van der Waals surface area contributed by atoms with Crippen molar-refractivity contribution < 1.29 is 9.53 Å². The summed E-state index contributed by atoms with van der Waals surface area (Å²) < 4.78 is 5.21. The predicted molar refractivity (Wildman–Crippen MR) is 113 cm³/mol. The normalized spacial score (nSPS) is 14.2. The van der Waals surface area contributed by atoms with Crippen LogP contribution in [0, 0.1) is 0 Å². The molecule has 0 radical (unpaired) electrons. The Morgan fingerprint density at radius 1 is 1.11 bits per heavy atom. The van der Waals surface area contributed by atoms with Crippen LogP contribution in [0.4, 0.5) is 16.2 Å². The van der Waals surface area contributed by atoms with E-state index in [1.54, 1.807) is 13.3 Å². The van der Waals surface area contributed by atoms with E-state index in [1.165, 1.54) is 0 Å². The maximum atomic E-state index is 12.7. The number of hydrogen-bond acceptors (Lipinski definition) is 4. The number of hydrogen-bond donors (Lipinski definition) is 1. The molecule has 0 aliphatic carbocycles. The summed E-state index contributed by atoms with van der Waals surface area (Å²) in [4.78, 5) is 21.2. The minimum absolute atomic E-state index is 0.106. The standard InChI is InChI=1S/C21H21ClN4O2/c1-28-19-8-7-16(14-17(19)22)25-10-12-26(13-11-25)21(27)24-18-6-2-4-15-5-3-9-23-20(15)18/h2-9,14H,10-13H2,1H3,(H,24,27). The van der Waals surface area contributed by atoms with Crippen LogP contribution in [0.1, 0.15) is 0 Å². The molecule has 2 heterocycles. The summed E-state index contributed by atoms with van der Waals surface area (Å²) in [5.41, 5.74) is 2.56. The zero-order chi connectivity index (χ0) is 19.5. The molecule has 2 amide bonds. The minimum Gasteiger partial charge on any atom is -0.495 e. The van der Waals surface area contributed by atoms with E-state index in [0.29, 0.717) is 23.9 Å². The number of methoxy groups -OCH3 is 1. The number of benzene rings is 2. The lowest BCUT2D eigenvalue weighted by atomic mass is 10.2. The van der Waals surface area contributed by atoms with Crippen molar-refractivity contribution in [3.05, 3.63) is 59.8 Å². The molecule has 0 bridgehead atoms. The number of aromatic nitrogens is 1. The van der Waals surface area contributed by atoms with E-state index in [1.807, 2.05) is 53.4 Å². The molecule has 1 aromatic heterocycles. The molecular weight excluding hydrogens is 376 g/mol. The van der Waals surface area contributed by atoms with E-state index in [4.69, 9.17) is 16.3 Å². The molecule has 1 saturated heterocycles. The molecule has 4 rings (SSSR count). The number of nitrogens with zero attached hydrogens (tertiary/aromatic N) is 3. The molecule has 28 heavy (non-hydrogen) atoms. The Kier molecular flexibility index (Phi) is 5.21. The minimum atomic E-state index is -0.106. The molecule has 7 heteroatoms. The molecule has 1 fully saturated rings. The number of anilines is 2. The summed E-state index contributed by atoms with van der Waals surface area (Å²) in [6.07, 6.45) is 1.73. The van der Waals surface area contributed by atoms with Gasteiger partial charge in [0.15, 0.2) is 0 Å². The van der Waals surface area contributed by atoms with Crippen LogP contribution in [-0.2, 0) is 0 Å². The first-order valence-corrected chi connectivity index (χ1v) is 9.51. The highest BCUT2D eigenvalue weighted by atomic mass is 35.5. The number of para-hydroxylation sites is 1. The topological polar surface area (TPSA) is 57.7 Å². The number of piperazine rings is 1. The number of urea groups is 1. The van der Waals surface area contributed by atoms with Gasteiger partial charge in [-0.15, -0.1) is 0 Å². The monoisotopic (exact) mass is 396 g/mol. The summed E-state index contributed by atoms with van der Waals surface area (Å²) in [6.45, 7) is 2.75. The highest BCUT2D eigenvalue weighted by molar-refractivity contribution is 6.32. The van der Waals surface area contributed by atoms with Gasteiger partial charge < -0.3 is 19.9 Å². The third kappa shape index (κ3) is 3.68. The van der Waals surface area contributed by atoms with Crippen LogP contribution in [0.3, 0.4) is 0 Å². The number of ether oxygens (including phenoxy) is 1. The van der Waals surface area contributed by atoms with E-state index in [0.717, 1.165) is 35.4 Å². The molecule has 0 spiro atoms. The van der Waals surface area contributed by atoms with Crippen LogP contribution < -0.4 is 15.0 Å². The first-order chi connectivity index (χ1) is 13.7. The van der Waals surface area contributed by atoms with Gasteiger partial charge in [0.2, 0.25) is 0 Å². The number of halogens is 1. The molecular formula is C21H21ClN4O2. The largest absolute Gasteiger partial charge is 0.495 e. The van der Waals surface area contributed by atoms with E-state index < -0.39 is 0 Å². The zero-order valence-corrected chi connectivity index (χ0v) is 16.3. The quantitative estimate of drug-likeness (QED) is 0.719. The molecule has 1 aliphatic heterocycles. The predicted octanol–water partition coefficient (Wildman–Crippen LogP) is 4.25. The Bertz CT molecular complexity index is 997. The van der Waals surface area contributed by atoms with E-state index >= 15 is 0 Å². The van der Waals surface area contributed by atoms with Crippen LogP contribution in [0.2, 0.25) is 5.02 Å². The average molecular weight is 397 g/mol. The summed E-state index contributed by atoms with van der Waals surface area (Å²) in [7, 11) is 1.60. The number of rotatable bonds is 3. The second kappa shape index (κ2) is 7.94. The molecule has 0 unspecified atom stereocenters. The van der Waals surface area contributed by atoms with Crippen LogP contribution in [-0.4, -0.2) is 49.2 Å². The number of amides is 2. The summed E-state index contributed by atoms with van der Waals surface area (Å²) >= 11 is 6.23. The Hall–Kier alpha value is -2.99. The number of fused-ring (bicyclic) bond motifs is 1. The van der Waals surface area contributed by atoms with Crippen molar-refractivity contribution in [3.63, 3.8) is 0 Å². The molecule has 1 N–H and O–H groups in total. The van der Waals surface area contributed by atoms with E-state index in [2.05, 4.69) is 15.2 Å². The van der Waals surface area contributed by atoms with Gasteiger partial charge in [0.05, 0.1) is 23.3 Å². The van der Waals surface area contributed by atoms with Crippen molar-refractivity contribution in [1.82, 2.24) is 9.88 Å². The van der Waals surface area contributed by atoms with E-state index in [-0.39, 0.29) is 6.03 Å². The number of carbonyl (C=O) groups excluding carboxylic acids is 1. The van der Waals surface area contributed by atoms with Crippen molar-refractivity contribution in [2.24, 2.45) is 0 Å². The lowest BCUT2D eigenvalue weighted by Crippen LogP contribution is -2.50. The van der Waals surface area contributed by atoms with Crippen molar-refractivity contribution >= 4 is 39.9 Å². The molecule has 144 valence electrons. The summed E-state index contributed by atoms with van der Waals surface area (Å²) in [5, 5.41) is 4.59. The van der Waals surface area contributed by atoms with Gasteiger partial charge in [-0.2, -0.15) is 0 Å². The van der Waals surface area contributed by atoms with Crippen molar-refractivity contribution in [2.45, 2.75) is 0 Å². The smallest absolute Gasteiger partial charge is 0.322 e. The fourth-order valence-corrected chi connectivity index (χ4v) is 3.67. The first kappa shape index (κ1) is 18.4. The van der Waals surface area contributed by atoms with Gasteiger partial charge in [-0.3, -0.25) is 4.98 Å². The average Bonchev–Trinajstić information content (AvgIpc) is 2.74. The van der Waals surface area contributed by atoms with Crippen molar-refractivity contribution in [2.75, 3.05) is 43.5 Å². The molecule has 1 aliphatic rings. The zero-order valence-electron chi connectivity index (χ0n) is 15.6. The molecule has 6 nitrogen and oxygen atoms in total. The number of pyridine rings is 1. The van der Waals surface area contributed by atoms with Crippen LogP contribution in [0.5, 0.6) is 5.75 Å². The summed E-state index contributed by atoms with van der Waals surface area (Å²) in [6, 6.07) is 15.3. The van der Waals surface area contributed by atoms with Gasteiger partial charge in [0.25, 0.3) is 0 Å². The van der Waals surface area contributed by atoms with Gasteiger partial charge in [-0.05, 0) is 30.3 Å². The second-order valence-corrected chi connectivity index (χ2v) is 7.01. The lowest BCUT2D eigenvalue weighted by molar-refractivity contribution is 0.208. The fourth-order valence-electron chi connectivity index (χ4n) is 3.42. The van der Waals surface area contributed by atoms with Gasteiger partial charge in [0, 0.05) is 43.4 Å².